The van der Waals surface area contributed by atoms with E-state index in [0.29, 0.717) is 5.91 Å². The Kier molecular flexibility index (Phi) is 3.03. The van der Waals surface area contributed by atoms with Gasteiger partial charge in [0.05, 0.1) is 6.04 Å². The van der Waals surface area contributed by atoms with E-state index >= 15 is 0 Å². The van der Waals surface area contributed by atoms with Crippen molar-refractivity contribution in [3.05, 3.63) is 0 Å². The second kappa shape index (κ2) is 4.28. The van der Waals surface area contributed by atoms with Gasteiger partial charge in [-0.1, -0.05) is 0 Å². The lowest BCUT2D eigenvalue weighted by Gasteiger charge is -2.31. The van der Waals surface area contributed by atoms with Crippen molar-refractivity contribution in [2.75, 3.05) is 39.8 Å². The molecule has 1 atom stereocenters. The molecule has 0 aromatic carbocycles. The molecule has 1 amide bonds. The topological polar surface area (TPSA) is 35.6 Å². The summed E-state index contributed by atoms with van der Waals surface area (Å²) in [5, 5.41) is 3.26. The van der Waals surface area contributed by atoms with E-state index in [4.69, 9.17) is 0 Å². The van der Waals surface area contributed by atoms with Gasteiger partial charge in [-0.2, -0.15) is 0 Å². The summed E-state index contributed by atoms with van der Waals surface area (Å²) >= 11 is 0. The van der Waals surface area contributed by atoms with Crippen molar-refractivity contribution < 1.29 is 4.79 Å². The van der Waals surface area contributed by atoms with E-state index in [9.17, 15) is 4.79 Å². The van der Waals surface area contributed by atoms with Gasteiger partial charge >= 0.3 is 0 Å². The quantitative estimate of drug-likeness (QED) is 0.616. The van der Waals surface area contributed by atoms with Crippen LogP contribution in [0.3, 0.4) is 0 Å². The Bertz CT molecular complexity index is 213. The van der Waals surface area contributed by atoms with Crippen molar-refractivity contribution in [1.29, 1.82) is 0 Å². The molecule has 1 N–H and O–H groups in total. The Morgan fingerprint density at radius 2 is 2.00 bits per heavy atom. The van der Waals surface area contributed by atoms with E-state index in [-0.39, 0.29) is 6.04 Å². The van der Waals surface area contributed by atoms with Crippen molar-refractivity contribution in [3.63, 3.8) is 0 Å². The molecule has 4 heteroatoms. The molecule has 2 aliphatic heterocycles. The maximum absolute atomic E-state index is 12.1. The summed E-state index contributed by atoms with van der Waals surface area (Å²) in [5.41, 5.74) is 0. The molecule has 2 heterocycles. The highest BCUT2D eigenvalue weighted by atomic mass is 16.2. The van der Waals surface area contributed by atoms with Crippen LogP contribution in [0.5, 0.6) is 0 Å². The first-order chi connectivity index (χ1) is 6.79. The van der Waals surface area contributed by atoms with Gasteiger partial charge < -0.3 is 10.2 Å². The van der Waals surface area contributed by atoms with E-state index in [0.717, 1.165) is 39.1 Å². The minimum atomic E-state index is 0.160. The number of piperazine rings is 1. The van der Waals surface area contributed by atoms with Crippen LogP contribution in [0.2, 0.25) is 0 Å². The van der Waals surface area contributed by atoms with Crippen LogP contribution < -0.4 is 5.32 Å². The van der Waals surface area contributed by atoms with Gasteiger partial charge in [0.2, 0.25) is 5.91 Å². The zero-order chi connectivity index (χ0) is 9.97. The Balaban J connectivity index is 1.92. The van der Waals surface area contributed by atoms with Gasteiger partial charge in [0.15, 0.2) is 0 Å². The lowest BCUT2D eigenvalue weighted by atomic mass is 10.2. The number of amides is 1. The van der Waals surface area contributed by atoms with E-state index in [1.807, 2.05) is 4.90 Å². The first-order valence-corrected chi connectivity index (χ1v) is 5.49. The molecule has 0 unspecified atom stereocenters. The van der Waals surface area contributed by atoms with Crippen LogP contribution in [-0.2, 0) is 4.79 Å². The minimum Gasteiger partial charge on any atom is -0.339 e. The summed E-state index contributed by atoms with van der Waals surface area (Å²) in [4.78, 5) is 16.3. The standard InChI is InChI=1S/C10H19N3O/c1-12-6-2-3-9(12)10(14)13-7-4-11-5-8-13/h9,11H,2-8H2,1H3/t9-/m0/s1. The maximum Gasteiger partial charge on any atom is 0.240 e. The second-order valence-electron chi connectivity index (χ2n) is 4.21. The fraction of sp³-hybridized carbons (Fsp3) is 0.900. The Morgan fingerprint density at radius 3 is 2.57 bits per heavy atom. The van der Waals surface area contributed by atoms with E-state index in [1.54, 1.807) is 0 Å². The molecule has 0 aromatic rings. The molecule has 2 saturated heterocycles. The summed E-state index contributed by atoms with van der Waals surface area (Å²) in [5.74, 6) is 0.339. The number of likely N-dealkylation sites (N-methyl/N-ethyl adjacent to an activating group) is 1. The van der Waals surface area contributed by atoms with Gasteiger partial charge in [0, 0.05) is 26.2 Å². The summed E-state index contributed by atoms with van der Waals surface area (Å²) < 4.78 is 0. The minimum absolute atomic E-state index is 0.160. The number of nitrogens with zero attached hydrogens (tertiary/aromatic N) is 2. The Morgan fingerprint density at radius 1 is 1.29 bits per heavy atom. The lowest BCUT2D eigenvalue weighted by Crippen LogP contribution is -2.51. The van der Waals surface area contributed by atoms with E-state index in [1.165, 1.54) is 6.42 Å². The van der Waals surface area contributed by atoms with Crippen molar-refractivity contribution in [1.82, 2.24) is 15.1 Å². The molecular formula is C10H19N3O. The predicted octanol–water partition coefficient (Wildman–Crippen LogP) is -0.488. The predicted molar refractivity (Wildman–Crippen MR) is 55.1 cm³/mol. The van der Waals surface area contributed by atoms with E-state index < -0.39 is 0 Å². The zero-order valence-corrected chi connectivity index (χ0v) is 8.83. The van der Waals surface area contributed by atoms with Crippen LogP contribution in [0, 0.1) is 0 Å². The molecule has 0 aromatic heterocycles. The number of hydrogen-bond donors (Lipinski definition) is 1. The largest absolute Gasteiger partial charge is 0.339 e. The van der Waals surface area contributed by atoms with Gasteiger partial charge in [0.25, 0.3) is 0 Å². The number of rotatable bonds is 1. The van der Waals surface area contributed by atoms with Crippen molar-refractivity contribution >= 4 is 5.91 Å². The van der Waals surface area contributed by atoms with Crippen molar-refractivity contribution in [2.24, 2.45) is 0 Å². The molecule has 14 heavy (non-hydrogen) atoms. The van der Waals surface area contributed by atoms with Gasteiger partial charge in [0.1, 0.15) is 0 Å². The molecule has 0 radical (unpaired) electrons. The molecule has 80 valence electrons. The number of hydrogen-bond acceptors (Lipinski definition) is 3. The Labute approximate surface area is 85.2 Å². The normalized spacial score (nSPS) is 29.5. The lowest BCUT2D eigenvalue weighted by molar-refractivity contribution is -0.136. The molecular weight excluding hydrogens is 178 g/mol. The van der Waals surface area contributed by atoms with Crippen molar-refractivity contribution in [3.8, 4) is 0 Å². The molecule has 0 saturated carbocycles. The molecule has 2 rings (SSSR count). The van der Waals surface area contributed by atoms with Crippen LogP contribution >= 0.6 is 0 Å². The smallest absolute Gasteiger partial charge is 0.240 e. The SMILES string of the molecule is CN1CCC[C@H]1C(=O)N1CCNCC1. The van der Waals surface area contributed by atoms with Crippen LogP contribution in [0.1, 0.15) is 12.8 Å². The fourth-order valence-electron chi connectivity index (χ4n) is 2.32. The first kappa shape index (κ1) is 9.93. The zero-order valence-electron chi connectivity index (χ0n) is 8.83. The summed E-state index contributed by atoms with van der Waals surface area (Å²) in [6.45, 7) is 4.72. The highest BCUT2D eigenvalue weighted by molar-refractivity contribution is 5.82. The molecule has 0 spiro atoms. The van der Waals surface area contributed by atoms with E-state index in [2.05, 4.69) is 17.3 Å². The van der Waals surface area contributed by atoms with Crippen LogP contribution in [-0.4, -0.2) is 61.5 Å². The third-order valence-corrected chi connectivity index (χ3v) is 3.23. The maximum atomic E-state index is 12.1. The second-order valence-corrected chi connectivity index (χ2v) is 4.21. The van der Waals surface area contributed by atoms with Crippen molar-refractivity contribution in [2.45, 2.75) is 18.9 Å². The molecule has 0 aliphatic carbocycles. The highest BCUT2D eigenvalue weighted by Crippen LogP contribution is 2.17. The van der Waals surface area contributed by atoms with Crippen LogP contribution in [0.15, 0.2) is 0 Å². The third kappa shape index (κ3) is 1.91. The van der Waals surface area contributed by atoms with Crippen LogP contribution in [0.4, 0.5) is 0 Å². The first-order valence-electron chi connectivity index (χ1n) is 5.49. The summed E-state index contributed by atoms with van der Waals surface area (Å²) in [7, 11) is 2.05. The average molecular weight is 197 g/mol. The molecule has 2 fully saturated rings. The monoisotopic (exact) mass is 197 g/mol. The number of carbonyl (C=O) groups excluding carboxylic acids is 1. The Hall–Kier alpha value is -0.610. The van der Waals surface area contributed by atoms with Gasteiger partial charge in [-0.05, 0) is 26.4 Å². The number of likely N-dealkylation sites (tertiary alicyclic amines) is 1. The van der Waals surface area contributed by atoms with Gasteiger partial charge in [-0.3, -0.25) is 9.69 Å². The third-order valence-electron chi connectivity index (χ3n) is 3.23. The fourth-order valence-corrected chi connectivity index (χ4v) is 2.32. The molecule has 2 aliphatic rings. The number of nitrogens with one attached hydrogen (secondary N) is 1. The number of carbonyl (C=O) groups is 1. The van der Waals surface area contributed by atoms with Gasteiger partial charge in [-0.25, -0.2) is 0 Å². The van der Waals surface area contributed by atoms with Gasteiger partial charge in [-0.15, -0.1) is 0 Å². The summed E-state index contributed by atoms with van der Waals surface area (Å²) in [6, 6.07) is 0.160. The molecule has 4 nitrogen and oxygen atoms in total. The van der Waals surface area contributed by atoms with Crippen LogP contribution in [0.25, 0.3) is 0 Å². The average Bonchev–Trinajstić information content (AvgIpc) is 2.65. The summed E-state index contributed by atoms with van der Waals surface area (Å²) in [6.07, 6.45) is 2.21. The molecule has 0 bridgehead atoms. The highest BCUT2D eigenvalue weighted by Gasteiger charge is 2.31.